The second kappa shape index (κ2) is 5.93. The minimum absolute atomic E-state index is 0.0102. The summed E-state index contributed by atoms with van der Waals surface area (Å²) in [6.07, 6.45) is 9.20. The maximum atomic E-state index is 11.2. The Labute approximate surface area is 155 Å². The van der Waals surface area contributed by atoms with E-state index in [1.54, 1.807) is 6.08 Å². The number of aliphatic hydroxyl groups is 1. The molecule has 0 aromatic carbocycles. The molecule has 2 aliphatic carbocycles. The lowest BCUT2D eigenvalue weighted by atomic mass is 9.49. The van der Waals surface area contributed by atoms with Gasteiger partial charge in [0.2, 0.25) is 0 Å². The van der Waals surface area contributed by atoms with Gasteiger partial charge in [-0.1, -0.05) is 43.7 Å². The second-order valence-corrected chi connectivity index (χ2v) is 8.65. The van der Waals surface area contributed by atoms with Crippen LogP contribution < -0.4 is 0 Å². The number of hydrogen-bond donors (Lipinski definition) is 2. The lowest BCUT2D eigenvalue weighted by molar-refractivity contribution is -0.131. The molecule has 0 amide bonds. The summed E-state index contributed by atoms with van der Waals surface area (Å²) >= 11 is 0. The van der Waals surface area contributed by atoms with Crippen molar-refractivity contribution in [1.29, 1.82) is 0 Å². The molecule has 4 heteroatoms. The highest BCUT2D eigenvalue weighted by molar-refractivity contribution is 5.80. The molecule has 0 radical (unpaired) electrons. The minimum Gasteiger partial charge on any atom is -0.478 e. The van der Waals surface area contributed by atoms with Crippen LogP contribution >= 0.6 is 0 Å². The highest BCUT2D eigenvalue weighted by Gasteiger charge is 2.71. The number of allylic oxidation sites excluding steroid dienone is 2. The Morgan fingerprint density at radius 2 is 1.92 bits per heavy atom. The number of carboxylic acid groups (broad SMARTS) is 1. The fraction of sp³-hybridized carbons (Fsp3) is 0.591. The van der Waals surface area contributed by atoms with Gasteiger partial charge in [0.25, 0.3) is 0 Å². The van der Waals surface area contributed by atoms with Crippen LogP contribution in [0.4, 0.5) is 0 Å². The van der Waals surface area contributed by atoms with Crippen molar-refractivity contribution >= 4 is 5.97 Å². The molecular weight excluding hydrogens is 328 g/mol. The number of aliphatic hydroxyl groups excluding tert-OH is 1. The van der Waals surface area contributed by atoms with Gasteiger partial charge in [0.05, 0.1) is 18.8 Å². The van der Waals surface area contributed by atoms with Crippen molar-refractivity contribution in [3.05, 3.63) is 47.1 Å². The molecule has 3 rings (SSSR count). The first-order chi connectivity index (χ1) is 12.1. The van der Waals surface area contributed by atoms with Crippen LogP contribution in [0.25, 0.3) is 0 Å². The monoisotopic (exact) mass is 358 g/mol. The van der Waals surface area contributed by atoms with Crippen molar-refractivity contribution in [2.24, 2.45) is 22.2 Å². The lowest BCUT2D eigenvalue weighted by Crippen LogP contribution is -2.53. The zero-order valence-corrected chi connectivity index (χ0v) is 16.5. The van der Waals surface area contributed by atoms with Crippen LogP contribution in [-0.2, 0) is 9.53 Å². The van der Waals surface area contributed by atoms with E-state index < -0.39 is 11.4 Å². The molecule has 3 aliphatic rings. The molecular formula is C22H30O4. The quantitative estimate of drug-likeness (QED) is 0.591. The summed E-state index contributed by atoms with van der Waals surface area (Å²) in [5.41, 5.74) is 2.27. The molecule has 4 nitrogen and oxygen atoms in total. The molecule has 6 unspecified atom stereocenters. The van der Waals surface area contributed by atoms with E-state index in [-0.39, 0.29) is 35.6 Å². The van der Waals surface area contributed by atoms with E-state index in [0.29, 0.717) is 0 Å². The molecule has 0 aromatic rings. The van der Waals surface area contributed by atoms with Crippen molar-refractivity contribution in [2.75, 3.05) is 6.61 Å². The molecule has 0 spiro atoms. The topological polar surface area (TPSA) is 66.8 Å². The van der Waals surface area contributed by atoms with Crippen molar-refractivity contribution in [2.45, 2.75) is 53.8 Å². The summed E-state index contributed by atoms with van der Waals surface area (Å²) in [4.78, 5) is 11.2. The van der Waals surface area contributed by atoms with Crippen LogP contribution in [0.15, 0.2) is 47.1 Å². The second-order valence-electron chi connectivity index (χ2n) is 8.65. The Bertz CT molecular complexity index is 758. The Balaban J connectivity index is 2.24. The normalized spacial score (nSPS) is 44.9. The zero-order chi connectivity index (χ0) is 19.5. The Kier molecular flexibility index (Phi) is 4.36. The van der Waals surface area contributed by atoms with E-state index in [9.17, 15) is 9.90 Å². The number of carboxylic acids is 1. The van der Waals surface area contributed by atoms with Gasteiger partial charge in [0.15, 0.2) is 0 Å². The molecule has 0 saturated carbocycles. The standard InChI is InChI=1S/C22H30O4/c1-7-13(2)18-20(5)10-14(3)17-21(20,6)19(26-18)15(4)11-22(17,12-23)9-8-16(24)25/h7-11,17-19,23H,12H2,1-6H3,(H,24,25). The summed E-state index contributed by atoms with van der Waals surface area (Å²) in [6.45, 7) is 12.6. The predicted molar refractivity (Wildman–Crippen MR) is 102 cm³/mol. The highest BCUT2D eigenvalue weighted by atomic mass is 16.5. The Morgan fingerprint density at radius 1 is 1.27 bits per heavy atom. The van der Waals surface area contributed by atoms with Crippen LogP contribution in [0, 0.1) is 22.2 Å². The molecule has 1 saturated heterocycles. The summed E-state index contributed by atoms with van der Waals surface area (Å²) in [7, 11) is 0. The average Bonchev–Trinajstić information content (AvgIpc) is 2.93. The van der Waals surface area contributed by atoms with Crippen molar-refractivity contribution < 1.29 is 19.7 Å². The average molecular weight is 358 g/mol. The largest absolute Gasteiger partial charge is 0.478 e. The maximum Gasteiger partial charge on any atom is 0.328 e. The van der Waals surface area contributed by atoms with Gasteiger partial charge in [0, 0.05) is 28.2 Å². The van der Waals surface area contributed by atoms with Gasteiger partial charge < -0.3 is 14.9 Å². The van der Waals surface area contributed by atoms with Gasteiger partial charge in [0.1, 0.15) is 0 Å². The maximum absolute atomic E-state index is 11.2. The number of carbonyl (C=O) groups is 1. The molecule has 2 N–H and O–H groups in total. The first kappa shape index (κ1) is 19.1. The summed E-state index contributed by atoms with van der Waals surface area (Å²) < 4.78 is 6.58. The number of hydrogen-bond acceptors (Lipinski definition) is 3. The van der Waals surface area contributed by atoms with E-state index in [1.807, 2.05) is 19.9 Å². The fourth-order valence-electron chi connectivity index (χ4n) is 6.14. The molecule has 0 aromatic heterocycles. The Hall–Kier alpha value is -1.65. The third kappa shape index (κ3) is 2.18. The molecule has 1 aliphatic heterocycles. The van der Waals surface area contributed by atoms with Crippen LogP contribution in [0.2, 0.25) is 0 Å². The molecule has 1 fully saturated rings. The van der Waals surface area contributed by atoms with Gasteiger partial charge >= 0.3 is 5.97 Å². The van der Waals surface area contributed by atoms with E-state index in [2.05, 4.69) is 39.8 Å². The molecule has 6 atom stereocenters. The van der Waals surface area contributed by atoms with Crippen LogP contribution in [-0.4, -0.2) is 35.0 Å². The third-order valence-electron chi connectivity index (χ3n) is 7.23. The van der Waals surface area contributed by atoms with Gasteiger partial charge in [-0.25, -0.2) is 4.79 Å². The molecule has 142 valence electrons. The SMILES string of the molecule is CC=C(C)C1OC2C(C)=CC(C=CC(=O)O)(CO)C3C(C)=CC1(C)C23C. The van der Waals surface area contributed by atoms with Gasteiger partial charge in [-0.05, 0) is 38.8 Å². The first-order valence-corrected chi connectivity index (χ1v) is 9.27. The van der Waals surface area contributed by atoms with E-state index in [1.165, 1.54) is 11.1 Å². The highest BCUT2D eigenvalue weighted by Crippen LogP contribution is 2.71. The number of ether oxygens (including phenoxy) is 1. The van der Waals surface area contributed by atoms with E-state index >= 15 is 0 Å². The van der Waals surface area contributed by atoms with E-state index in [4.69, 9.17) is 9.84 Å². The fourth-order valence-corrected chi connectivity index (χ4v) is 6.14. The van der Waals surface area contributed by atoms with Crippen LogP contribution in [0.5, 0.6) is 0 Å². The third-order valence-corrected chi connectivity index (χ3v) is 7.23. The van der Waals surface area contributed by atoms with E-state index in [0.717, 1.165) is 11.6 Å². The summed E-state index contributed by atoms with van der Waals surface area (Å²) in [5.74, 6) is -1.01. The van der Waals surface area contributed by atoms with Crippen molar-refractivity contribution in [1.82, 2.24) is 0 Å². The van der Waals surface area contributed by atoms with Crippen LogP contribution in [0.1, 0.15) is 41.5 Å². The summed E-state index contributed by atoms with van der Waals surface area (Å²) in [5, 5.41) is 19.5. The number of aliphatic carboxylic acids is 1. The predicted octanol–water partition coefficient (Wildman–Crippen LogP) is 3.89. The number of rotatable bonds is 4. The van der Waals surface area contributed by atoms with Gasteiger partial charge in [-0.2, -0.15) is 0 Å². The van der Waals surface area contributed by atoms with Crippen molar-refractivity contribution in [3.8, 4) is 0 Å². The smallest absolute Gasteiger partial charge is 0.328 e. The molecule has 1 heterocycles. The van der Waals surface area contributed by atoms with Crippen LogP contribution in [0.3, 0.4) is 0 Å². The van der Waals surface area contributed by atoms with Gasteiger partial charge in [-0.3, -0.25) is 0 Å². The van der Waals surface area contributed by atoms with Gasteiger partial charge in [-0.15, -0.1) is 0 Å². The minimum atomic E-state index is -0.996. The molecule has 0 bridgehead atoms. The summed E-state index contributed by atoms with van der Waals surface area (Å²) in [6, 6.07) is 0. The Morgan fingerprint density at radius 3 is 2.46 bits per heavy atom. The lowest BCUT2D eigenvalue weighted by Gasteiger charge is -2.52. The zero-order valence-electron chi connectivity index (χ0n) is 16.5. The molecule has 26 heavy (non-hydrogen) atoms. The van der Waals surface area contributed by atoms with Crippen molar-refractivity contribution in [3.63, 3.8) is 0 Å². The first-order valence-electron chi connectivity index (χ1n) is 9.27.